The molecule has 1 N–H and O–H groups in total. The number of aliphatic hydroxyl groups is 1. The van der Waals surface area contributed by atoms with Crippen LogP contribution in [0.5, 0.6) is 5.75 Å². The van der Waals surface area contributed by atoms with E-state index in [2.05, 4.69) is 4.98 Å². The van der Waals surface area contributed by atoms with Gasteiger partial charge in [0, 0.05) is 5.56 Å². The second kappa shape index (κ2) is 5.58. The zero-order chi connectivity index (χ0) is 14.8. The Balaban J connectivity index is 2.13. The molecule has 0 saturated heterocycles. The summed E-state index contributed by atoms with van der Waals surface area (Å²) in [5.74, 6) is 1.51. The van der Waals surface area contributed by atoms with Crippen molar-refractivity contribution in [3.8, 4) is 5.75 Å². The quantitative estimate of drug-likeness (QED) is 0.799. The van der Waals surface area contributed by atoms with Gasteiger partial charge in [-0.15, -0.1) is 0 Å². The van der Waals surface area contributed by atoms with Gasteiger partial charge in [-0.25, -0.2) is 4.98 Å². The number of para-hydroxylation sites is 3. The first-order valence-corrected chi connectivity index (χ1v) is 6.96. The van der Waals surface area contributed by atoms with E-state index in [1.807, 2.05) is 53.1 Å². The highest BCUT2D eigenvalue weighted by Crippen LogP contribution is 2.25. The normalized spacial score (nSPS) is 12.5. The van der Waals surface area contributed by atoms with Gasteiger partial charge in [-0.05, 0) is 25.1 Å². The van der Waals surface area contributed by atoms with Gasteiger partial charge >= 0.3 is 0 Å². The summed E-state index contributed by atoms with van der Waals surface area (Å²) in [6.45, 7) is 2.35. The van der Waals surface area contributed by atoms with Crippen molar-refractivity contribution >= 4 is 11.0 Å². The van der Waals surface area contributed by atoms with Crippen molar-refractivity contribution < 1.29 is 9.84 Å². The molecule has 4 heteroatoms. The Morgan fingerprint density at radius 3 is 2.62 bits per heavy atom. The lowest BCUT2D eigenvalue weighted by Gasteiger charge is -2.13. The van der Waals surface area contributed by atoms with Crippen molar-refractivity contribution in [3.05, 3.63) is 59.9 Å². The number of methoxy groups -OCH3 is 1. The molecule has 0 unspecified atom stereocenters. The van der Waals surface area contributed by atoms with Crippen molar-refractivity contribution in [2.75, 3.05) is 7.11 Å². The molecule has 2 aromatic carbocycles. The molecule has 4 nitrogen and oxygen atoms in total. The number of nitrogens with zero attached hydrogens (tertiary/aromatic N) is 2. The molecule has 0 aliphatic heterocycles. The summed E-state index contributed by atoms with van der Waals surface area (Å²) in [5, 5.41) is 10.00. The van der Waals surface area contributed by atoms with Crippen molar-refractivity contribution in [2.45, 2.75) is 19.6 Å². The number of imidazole rings is 1. The van der Waals surface area contributed by atoms with Crippen LogP contribution in [0.25, 0.3) is 11.0 Å². The molecule has 0 bridgehead atoms. The zero-order valence-corrected chi connectivity index (χ0v) is 12.2. The molecule has 3 rings (SSSR count). The van der Waals surface area contributed by atoms with Crippen LogP contribution in [0.3, 0.4) is 0 Å². The van der Waals surface area contributed by atoms with Crippen LogP contribution in [-0.2, 0) is 6.54 Å². The van der Waals surface area contributed by atoms with Crippen molar-refractivity contribution in [1.29, 1.82) is 0 Å². The van der Waals surface area contributed by atoms with Crippen molar-refractivity contribution in [2.24, 2.45) is 0 Å². The summed E-state index contributed by atoms with van der Waals surface area (Å²) in [6, 6.07) is 15.8. The Hall–Kier alpha value is -2.33. The molecule has 0 saturated carbocycles. The molecule has 1 heterocycles. The van der Waals surface area contributed by atoms with Crippen LogP contribution >= 0.6 is 0 Å². The number of rotatable bonds is 4. The maximum atomic E-state index is 10.00. The third kappa shape index (κ3) is 2.50. The average molecular weight is 282 g/mol. The number of aromatic nitrogens is 2. The fourth-order valence-corrected chi connectivity index (χ4v) is 2.58. The van der Waals surface area contributed by atoms with Gasteiger partial charge in [-0.2, -0.15) is 0 Å². The predicted octanol–water partition coefficient (Wildman–Crippen LogP) is 3.15. The molecule has 1 aromatic heterocycles. The molecule has 1 atom stereocenters. The van der Waals surface area contributed by atoms with E-state index in [0.717, 1.165) is 22.3 Å². The smallest absolute Gasteiger partial charge is 0.138 e. The van der Waals surface area contributed by atoms with Gasteiger partial charge in [0.1, 0.15) is 17.7 Å². The Morgan fingerprint density at radius 1 is 1.14 bits per heavy atom. The largest absolute Gasteiger partial charge is 0.496 e. The minimum atomic E-state index is -0.618. The molecular formula is C17H18N2O2. The van der Waals surface area contributed by atoms with Crippen LogP contribution in [-0.4, -0.2) is 21.8 Å². The Morgan fingerprint density at radius 2 is 1.86 bits per heavy atom. The van der Waals surface area contributed by atoms with E-state index in [1.165, 1.54) is 0 Å². The van der Waals surface area contributed by atoms with Gasteiger partial charge < -0.3 is 14.4 Å². The first kappa shape index (κ1) is 13.6. The number of fused-ring (bicyclic) bond motifs is 1. The summed E-state index contributed by atoms with van der Waals surface area (Å²) in [4.78, 5) is 4.54. The van der Waals surface area contributed by atoms with Gasteiger partial charge in [0.05, 0.1) is 24.7 Å². The molecule has 0 amide bonds. The molecule has 0 aliphatic rings. The van der Waals surface area contributed by atoms with Crippen molar-refractivity contribution in [1.82, 2.24) is 9.55 Å². The maximum absolute atomic E-state index is 10.00. The summed E-state index contributed by atoms with van der Waals surface area (Å²) >= 11 is 0. The van der Waals surface area contributed by atoms with E-state index < -0.39 is 6.10 Å². The highest BCUT2D eigenvalue weighted by molar-refractivity contribution is 5.76. The fraction of sp³-hybridized carbons (Fsp3) is 0.235. The van der Waals surface area contributed by atoms with Crippen LogP contribution in [0.2, 0.25) is 0 Å². The standard InChI is InChI=1S/C17H18N2O2/c1-12(20)17-18-14-8-4-5-9-15(14)19(17)11-13-7-3-6-10-16(13)21-2/h3-10,12,20H,11H2,1-2H3/t12-/m1/s1. The predicted molar refractivity (Wildman–Crippen MR) is 82.5 cm³/mol. The summed E-state index contributed by atoms with van der Waals surface area (Å²) in [5.41, 5.74) is 2.97. The molecule has 0 radical (unpaired) electrons. The minimum absolute atomic E-state index is 0.616. The zero-order valence-electron chi connectivity index (χ0n) is 12.2. The van der Waals surface area contributed by atoms with Crippen LogP contribution in [0, 0.1) is 0 Å². The molecule has 0 spiro atoms. The van der Waals surface area contributed by atoms with E-state index >= 15 is 0 Å². The van der Waals surface area contributed by atoms with Crippen LogP contribution in [0.4, 0.5) is 0 Å². The first-order valence-electron chi connectivity index (χ1n) is 6.96. The Kier molecular flexibility index (Phi) is 3.62. The lowest BCUT2D eigenvalue weighted by atomic mass is 10.2. The van der Waals surface area contributed by atoms with Gasteiger partial charge in [-0.1, -0.05) is 30.3 Å². The lowest BCUT2D eigenvalue weighted by Crippen LogP contribution is -2.08. The Labute approximate surface area is 123 Å². The summed E-state index contributed by atoms with van der Waals surface area (Å²) in [6.07, 6.45) is -0.618. The molecule has 108 valence electrons. The topological polar surface area (TPSA) is 47.3 Å². The van der Waals surface area contributed by atoms with Crippen LogP contribution < -0.4 is 4.74 Å². The third-order valence-electron chi connectivity index (χ3n) is 3.58. The molecule has 21 heavy (non-hydrogen) atoms. The second-order valence-electron chi connectivity index (χ2n) is 5.03. The number of aliphatic hydroxyl groups excluding tert-OH is 1. The number of benzene rings is 2. The van der Waals surface area contributed by atoms with Crippen LogP contribution in [0.15, 0.2) is 48.5 Å². The minimum Gasteiger partial charge on any atom is -0.496 e. The number of ether oxygens (including phenoxy) is 1. The SMILES string of the molecule is COc1ccccc1Cn1c([C@@H](C)O)nc2ccccc21. The first-order chi connectivity index (χ1) is 10.2. The summed E-state index contributed by atoms with van der Waals surface area (Å²) < 4.78 is 7.45. The van der Waals surface area contributed by atoms with Crippen LogP contribution in [0.1, 0.15) is 24.4 Å². The number of hydrogen-bond acceptors (Lipinski definition) is 3. The highest BCUT2D eigenvalue weighted by Gasteiger charge is 2.15. The van der Waals surface area contributed by atoms with Gasteiger partial charge in [0.15, 0.2) is 0 Å². The maximum Gasteiger partial charge on any atom is 0.138 e. The molecule has 0 fully saturated rings. The van der Waals surface area contributed by atoms with Gasteiger partial charge in [0.25, 0.3) is 0 Å². The van der Waals surface area contributed by atoms with Gasteiger partial charge in [-0.3, -0.25) is 0 Å². The summed E-state index contributed by atoms with van der Waals surface area (Å²) in [7, 11) is 1.67. The lowest BCUT2D eigenvalue weighted by molar-refractivity contribution is 0.185. The van der Waals surface area contributed by atoms with E-state index in [1.54, 1.807) is 14.0 Å². The monoisotopic (exact) mass is 282 g/mol. The molecule has 0 aliphatic carbocycles. The van der Waals surface area contributed by atoms with E-state index in [0.29, 0.717) is 12.4 Å². The van der Waals surface area contributed by atoms with Gasteiger partial charge in [0.2, 0.25) is 0 Å². The molecule has 3 aromatic rings. The Bertz CT molecular complexity index is 762. The number of hydrogen-bond donors (Lipinski definition) is 1. The van der Waals surface area contributed by atoms with Crippen molar-refractivity contribution in [3.63, 3.8) is 0 Å². The third-order valence-corrected chi connectivity index (χ3v) is 3.58. The van der Waals surface area contributed by atoms with E-state index in [4.69, 9.17) is 4.74 Å². The fourth-order valence-electron chi connectivity index (χ4n) is 2.58. The molecular weight excluding hydrogens is 264 g/mol. The average Bonchev–Trinajstić information content (AvgIpc) is 2.87. The van der Waals surface area contributed by atoms with E-state index in [9.17, 15) is 5.11 Å². The van der Waals surface area contributed by atoms with E-state index in [-0.39, 0.29) is 0 Å². The highest BCUT2D eigenvalue weighted by atomic mass is 16.5. The second-order valence-corrected chi connectivity index (χ2v) is 5.03.